The third-order valence-electron chi connectivity index (χ3n) is 3.93. The number of amides is 1. The van der Waals surface area contributed by atoms with Crippen molar-refractivity contribution < 1.29 is 4.79 Å². The molecule has 0 fully saturated rings. The number of fused-ring (bicyclic) bond motifs is 1. The Labute approximate surface area is 141 Å². The van der Waals surface area contributed by atoms with Gasteiger partial charge >= 0.3 is 0 Å². The predicted molar refractivity (Wildman–Crippen MR) is 95.7 cm³/mol. The second-order valence-electron chi connectivity index (χ2n) is 5.70. The van der Waals surface area contributed by atoms with Crippen LogP contribution in [0.25, 0.3) is 10.8 Å². The van der Waals surface area contributed by atoms with Crippen LogP contribution in [0.3, 0.4) is 0 Å². The molecule has 0 spiro atoms. The van der Waals surface area contributed by atoms with Gasteiger partial charge in [0, 0.05) is 5.02 Å². The van der Waals surface area contributed by atoms with Crippen LogP contribution in [-0.2, 0) is 11.2 Å². The van der Waals surface area contributed by atoms with Gasteiger partial charge in [-0.2, -0.15) is 0 Å². The maximum absolute atomic E-state index is 12.2. The summed E-state index contributed by atoms with van der Waals surface area (Å²) < 4.78 is 0. The number of carbonyl (C=O) groups is 1. The molecule has 23 heavy (non-hydrogen) atoms. The lowest BCUT2D eigenvalue weighted by molar-refractivity contribution is -0.121. The fourth-order valence-electron chi connectivity index (χ4n) is 2.64. The fraction of sp³-hybridized carbons (Fsp3) is 0.150. The van der Waals surface area contributed by atoms with Gasteiger partial charge in [-0.25, -0.2) is 0 Å². The van der Waals surface area contributed by atoms with Gasteiger partial charge in [-0.05, 0) is 47.0 Å². The molecule has 3 aromatic carbocycles. The van der Waals surface area contributed by atoms with Crippen LogP contribution < -0.4 is 5.32 Å². The Balaban J connectivity index is 1.68. The number of hydrogen-bond donors (Lipinski definition) is 1. The number of halogens is 1. The van der Waals surface area contributed by atoms with Crippen LogP contribution in [0, 0.1) is 0 Å². The summed E-state index contributed by atoms with van der Waals surface area (Å²) in [5.74, 6) is 0.00739. The first-order valence-corrected chi connectivity index (χ1v) is 8.02. The van der Waals surface area contributed by atoms with Gasteiger partial charge < -0.3 is 5.32 Å². The molecule has 3 rings (SSSR count). The second-order valence-corrected chi connectivity index (χ2v) is 6.14. The molecule has 3 aromatic rings. The highest BCUT2D eigenvalue weighted by atomic mass is 35.5. The van der Waals surface area contributed by atoms with Gasteiger partial charge in [0.2, 0.25) is 5.91 Å². The van der Waals surface area contributed by atoms with Crippen molar-refractivity contribution in [3.8, 4) is 0 Å². The van der Waals surface area contributed by atoms with Gasteiger partial charge in [0.05, 0.1) is 12.5 Å². The molecule has 0 aliphatic heterocycles. The molecule has 0 saturated carbocycles. The highest BCUT2D eigenvalue weighted by Gasteiger charge is 2.10. The molecule has 1 N–H and O–H groups in total. The first-order chi connectivity index (χ1) is 11.1. The van der Waals surface area contributed by atoms with Gasteiger partial charge in [0.1, 0.15) is 0 Å². The summed E-state index contributed by atoms with van der Waals surface area (Å²) in [5.41, 5.74) is 2.06. The predicted octanol–water partition coefficient (Wildman–Crippen LogP) is 4.91. The van der Waals surface area contributed by atoms with Crippen molar-refractivity contribution in [2.75, 3.05) is 0 Å². The zero-order valence-electron chi connectivity index (χ0n) is 12.9. The van der Waals surface area contributed by atoms with E-state index in [9.17, 15) is 4.79 Å². The Hall–Kier alpha value is -2.32. The van der Waals surface area contributed by atoms with E-state index >= 15 is 0 Å². The van der Waals surface area contributed by atoms with Crippen molar-refractivity contribution in [2.24, 2.45) is 0 Å². The van der Waals surface area contributed by atoms with E-state index in [1.54, 1.807) is 12.1 Å². The Bertz CT molecular complexity index is 826. The van der Waals surface area contributed by atoms with E-state index in [0.29, 0.717) is 11.4 Å². The first-order valence-electron chi connectivity index (χ1n) is 7.64. The number of hydrogen-bond acceptors (Lipinski definition) is 1. The smallest absolute Gasteiger partial charge is 0.224 e. The van der Waals surface area contributed by atoms with Gasteiger partial charge in [-0.1, -0.05) is 60.1 Å². The van der Waals surface area contributed by atoms with E-state index in [2.05, 4.69) is 35.6 Å². The van der Waals surface area contributed by atoms with Crippen LogP contribution in [0.1, 0.15) is 24.1 Å². The van der Waals surface area contributed by atoms with Crippen molar-refractivity contribution in [1.82, 2.24) is 5.32 Å². The maximum atomic E-state index is 12.2. The molecule has 0 unspecified atom stereocenters. The van der Waals surface area contributed by atoms with Crippen LogP contribution in [0.4, 0.5) is 0 Å². The molecule has 0 aromatic heterocycles. The highest BCUT2D eigenvalue weighted by molar-refractivity contribution is 6.30. The van der Waals surface area contributed by atoms with Crippen LogP contribution in [0.5, 0.6) is 0 Å². The van der Waals surface area contributed by atoms with Crippen molar-refractivity contribution in [3.05, 3.63) is 82.9 Å². The van der Waals surface area contributed by atoms with Crippen LogP contribution in [0.2, 0.25) is 5.02 Å². The summed E-state index contributed by atoms with van der Waals surface area (Å²) in [7, 11) is 0. The fourth-order valence-corrected chi connectivity index (χ4v) is 2.77. The summed E-state index contributed by atoms with van der Waals surface area (Å²) >= 11 is 5.86. The molecule has 0 bridgehead atoms. The van der Waals surface area contributed by atoms with Crippen molar-refractivity contribution in [3.63, 3.8) is 0 Å². The van der Waals surface area contributed by atoms with E-state index in [4.69, 9.17) is 11.6 Å². The molecule has 0 aliphatic carbocycles. The molecule has 116 valence electrons. The van der Waals surface area contributed by atoms with E-state index < -0.39 is 0 Å². The zero-order valence-corrected chi connectivity index (χ0v) is 13.7. The lowest BCUT2D eigenvalue weighted by Crippen LogP contribution is -2.28. The van der Waals surface area contributed by atoms with Gasteiger partial charge in [-0.15, -0.1) is 0 Å². The Morgan fingerprint density at radius 2 is 1.70 bits per heavy atom. The Morgan fingerprint density at radius 1 is 1.00 bits per heavy atom. The summed E-state index contributed by atoms with van der Waals surface area (Å²) in [6, 6.07) is 21.8. The third kappa shape index (κ3) is 3.91. The minimum absolute atomic E-state index is 0.00739. The lowest BCUT2D eigenvalue weighted by atomic mass is 10.0. The van der Waals surface area contributed by atoms with Crippen LogP contribution in [-0.4, -0.2) is 5.91 Å². The lowest BCUT2D eigenvalue weighted by Gasteiger charge is -2.15. The van der Waals surface area contributed by atoms with Crippen molar-refractivity contribution in [1.29, 1.82) is 0 Å². The Morgan fingerprint density at radius 3 is 2.43 bits per heavy atom. The molecule has 1 atom stereocenters. The van der Waals surface area contributed by atoms with E-state index in [1.165, 1.54) is 10.8 Å². The molecule has 0 radical (unpaired) electrons. The molecule has 2 nitrogen and oxygen atoms in total. The normalized spacial score (nSPS) is 12.1. The molecule has 3 heteroatoms. The van der Waals surface area contributed by atoms with E-state index in [0.717, 1.165) is 11.1 Å². The standard InChI is InChI=1S/C20H18ClNO/c1-14(17-9-8-16-4-2-3-5-18(16)13-17)22-20(23)12-15-6-10-19(21)11-7-15/h2-11,13-14H,12H2,1H3,(H,22,23)/t14-/m0/s1. The van der Waals surface area contributed by atoms with E-state index in [-0.39, 0.29) is 11.9 Å². The maximum Gasteiger partial charge on any atom is 0.224 e. The molecule has 0 heterocycles. The summed E-state index contributed by atoms with van der Waals surface area (Å²) in [6.07, 6.45) is 0.356. The third-order valence-corrected chi connectivity index (χ3v) is 4.18. The summed E-state index contributed by atoms with van der Waals surface area (Å²) in [6.45, 7) is 2.00. The zero-order chi connectivity index (χ0) is 16.2. The summed E-state index contributed by atoms with van der Waals surface area (Å²) in [4.78, 5) is 12.2. The minimum Gasteiger partial charge on any atom is -0.349 e. The SMILES string of the molecule is C[C@H](NC(=O)Cc1ccc(Cl)cc1)c1ccc2ccccc2c1. The number of benzene rings is 3. The Kier molecular flexibility index (Phi) is 4.63. The average Bonchev–Trinajstić information content (AvgIpc) is 2.56. The van der Waals surface area contributed by atoms with Crippen LogP contribution >= 0.6 is 11.6 Å². The minimum atomic E-state index is -0.0283. The monoisotopic (exact) mass is 323 g/mol. The van der Waals surface area contributed by atoms with Crippen LogP contribution in [0.15, 0.2) is 66.7 Å². The first kappa shape index (κ1) is 15.6. The molecular weight excluding hydrogens is 306 g/mol. The number of nitrogens with one attached hydrogen (secondary N) is 1. The quantitative estimate of drug-likeness (QED) is 0.726. The largest absolute Gasteiger partial charge is 0.349 e. The molecule has 1 amide bonds. The molecule has 0 aliphatic rings. The van der Waals surface area contributed by atoms with Crippen molar-refractivity contribution >= 4 is 28.3 Å². The van der Waals surface area contributed by atoms with Gasteiger partial charge in [0.25, 0.3) is 0 Å². The molecule has 0 saturated heterocycles. The number of carbonyl (C=O) groups excluding carboxylic acids is 1. The highest BCUT2D eigenvalue weighted by Crippen LogP contribution is 2.20. The summed E-state index contributed by atoms with van der Waals surface area (Å²) in [5, 5.41) is 6.12. The topological polar surface area (TPSA) is 29.1 Å². The van der Waals surface area contributed by atoms with Gasteiger partial charge in [0.15, 0.2) is 0 Å². The average molecular weight is 324 g/mol. The van der Waals surface area contributed by atoms with Crippen molar-refractivity contribution in [2.45, 2.75) is 19.4 Å². The number of rotatable bonds is 4. The second kappa shape index (κ2) is 6.84. The van der Waals surface area contributed by atoms with Gasteiger partial charge in [-0.3, -0.25) is 4.79 Å². The molecular formula is C20H18ClNO. The van der Waals surface area contributed by atoms with E-state index in [1.807, 2.05) is 31.2 Å².